The first-order valence-corrected chi connectivity index (χ1v) is 7.67. The second-order valence-corrected chi connectivity index (χ2v) is 6.14. The van der Waals surface area contributed by atoms with Gasteiger partial charge in [0.15, 0.2) is 5.65 Å². The van der Waals surface area contributed by atoms with Crippen LogP contribution in [0.15, 0.2) is 18.3 Å². The second-order valence-electron chi connectivity index (χ2n) is 5.76. The predicted molar refractivity (Wildman–Crippen MR) is 94.4 cm³/mol. The third-order valence-electron chi connectivity index (χ3n) is 4.27. The molecular formula is C17H17ClN4O2. The lowest BCUT2D eigenvalue weighted by Gasteiger charge is -2.16. The molecule has 6 nitrogen and oxygen atoms in total. The van der Waals surface area contributed by atoms with E-state index in [2.05, 4.69) is 4.98 Å². The molecule has 2 heterocycles. The van der Waals surface area contributed by atoms with Crippen molar-refractivity contribution in [3.63, 3.8) is 0 Å². The number of fused-ring (bicyclic) bond motifs is 1. The average Bonchev–Trinajstić information content (AvgIpc) is 2.78. The summed E-state index contributed by atoms with van der Waals surface area (Å²) in [6.07, 6.45) is 1.76. The predicted octanol–water partition coefficient (Wildman–Crippen LogP) is 2.97. The van der Waals surface area contributed by atoms with Crippen molar-refractivity contribution in [2.24, 2.45) is 5.73 Å². The molecule has 7 heteroatoms. The number of imidazole rings is 1. The molecular weight excluding hydrogens is 328 g/mol. The molecule has 24 heavy (non-hydrogen) atoms. The third-order valence-corrected chi connectivity index (χ3v) is 4.66. The molecule has 3 aromatic rings. The van der Waals surface area contributed by atoms with E-state index in [0.29, 0.717) is 16.8 Å². The Morgan fingerprint density at radius 2 is 1.96 bits per heavy atom. The first-order chi connectivity index (χ1) is 11.2. The summed E-state index contributed by atoms with van der Waals surface area (Å²) in [5.41, 5.74) is 16.0. The first kappa shape index (κ1) is 16.1. The smallest absolute Gasteiger partial charge is 0.254 e. The Labute approximate surface area is 143 Å². The molecule has 124 valence electrons. The van der Waals surface area contributed by atoms with Gasteiger partial charge in [-0.15, -0.1) is 0 Å². The summed E-state index contributed by atoms with van der Waals surface area (Å²) in [4.78, 5) is 16.4. The number of hydrogen-bond acceptors (Lipinski definition) is 4. The quantitative estimate of drug-likeness (QED) is 0.664. The normalized spacial score (nSPS) is 11.2. The zero-order chi connectivity index (χ0) is 17.8. The van der Waals surface area contributed by atoms with Gasteiger partial charge in [-0.05, 0) is 32.4 Å². The molecule has 0 aliphatic rings. The Morgan fingerprint density at radius 3 is 2.58 bits per heavy atom. The number of benzene rings is 1. The number of nitrogen functional groups attached to an aromatic ring is 1. The standard InChI is InChI=1S/C17H17ClN4O2/c1-7-4-5-11(23)14(18)12(7)10-6-22-9(3)8(2)21-17(22)13(15(10)19)16(20)24/h4-6,23H,19H2,1-3H3,(H2,20,24). The molecule has 5 N–H and O–H groups in total. The Morgan fingerprint density at radius 1 is 1.29 bits per heavy atom. The van der Waals surface area contributed by atoms with Crippen molar-refractivity contribution in [2.75, 3.05) is 5.73 Å². The van der Waals surface area contributed by atoms with Crippen molar-refractivity contribution in [1.29, 1.82) is 0 Å². The number of phenolic OH excluding ortho intramolecular Hbond substituents is 1. The van der Waals surface area contributed by atoms with Gasteiger partial charge in [0.05, 0.1) is 16.4 Å². The maximum absolute atomic E-state index is 12.0. The molecule has 0 spiro atoms. The lowest BCUT2D eigenvalue weighted by molar-refractivity contribution is 0.100. The number of aromatic nitrogens is 2. The minimum atomic E-state index is -0.668. The number of primary amides is 1. The Balaban J connectivity index is 2.51. The van der Waals surface area contributed by atoms with E-state index in [4.69, 9.17) is 23.1 Å². The van der Waals surface area contributed by atoms with Crippen LogP contribution >= 0.6 is 11.6 Å². The molecule has 3 rings (SSSR count). The number of aromatic hydroxyl groups is 1. The zero-order valence-corrected chi connectivity index (χ0v) is 14.3. The lowest BCUT2D eigenvalue weighted by atomic mass is 9.98. The van der Waals surface area contributed by atoms with Crippen LogP contribution in [0.1, 0.15) is 27.3 Å². The van der Waals surface area contributed by atoms with Crippen molar-refractivity contribution in [1.82, 2.24) is 9.38 Å². The topological polar surface area (TPSA) is 107 Å². The Kier molecular flexibility index (Phi) is 3.64. The van der Waals surface area contributed by atoms with Crippen LogP contribution < -0.4 is 11.5 Å². The first-order valence-electron chi connectivity index (χ1n) is 7.30. The largest absolute Gasteiger partial charge is 0.506 e. The molecule has 0 unspecified atom stereocenters. The highest BCUT2D eigenvalue weighted by atomic mass is 35.5. The van der Waals surface area contributed by atoms with E-state index >= 15 is 0 Å². The number of nitrogens with zero attached hydrogens (tertiary/aromatic N) is 2. The van der Waals surface area contributed by atoms with Crippen LogP contribution in [-0.4, -0.2) is 20.4 Å². The van der Waals surface area contributed by atoms with E-state index in [1.807, 2.05) is 20.8 Å². The van der Waals surface area contributed by atoms with Crippen LogP contribution in [0.25, 0.3) is 16.8 Å². The highest BCUT2D eigenvalue weighted by molar-refractivity contribution is 6.35. The number of aryl methyl sites for hydroxylation is 3. The van der Waals surface area contributed by atoms with Crippen LogP contribution in [0.5, 0.6) is 5.75 Å². The van der Waals surface area contributed by atoms with Crippen molar-refractivity contribution in [3.05, 3.63) is 45.9 Å². The Hall–Kier alpha value is -2.73. The van der Waals surface area contributed by atoms with Crippen molar-refractivity contribution < 1.29 is 9.90 Å². The van der Waals surface area contributed by atoms with Gasteiger partial charge in [-0.2, -0.15) is 0 Å². The van der Waals surface area contributed by atoms with Crippen LogP contribution in [0.4, 0.5) is 5.69 Å². The van der Waals surface area contributed by atoms with Gasteiger partial charge in [0.2, 0.25) is 0 Å². The summed E-state index contributed by atoms with van der Waals surface area (Å²) in [5.74, 6) is -0.728. The van der Waals surface area contributed by atoms with Gasteiger partial charge < -0.3 is 21.0 Å². The van der Waals surface area contributed by atoms with Crippen molar-refractivity contribution >= 4 is 28.8 Å². The fourth-order valence-electron chi connectivity index (χ4n) is 2.85. The van der Waals surface area contributed by atoms with Gasteiger partial charge in [0, 0.05) is 23.0 Å². The van der Waals surface area contributed by atoms with Crippen LogP contribution in [0.2, 0.25) is 5.02 Å². The van der Waals surface area contributed by atoms with Gasteiger partial charge in [0.1, 0.15) is 11.3 Å². The molecule has 0 aliphatic carbocycles. The minimum absolute atomic E-state index is 0.0593. The highest BCUT2D eigenvalue weighted by Crippen LogP contribution is 2.41. The van der Waals surface area contributed by atoms with E-state index in [-0.39, 0.29) is 22.0 Å². The number of nitrogens with two attached hydrogens (primary N) is 2. The van der Waals surface area contributed by atoms with Crippen LogP contribution in [0.3, 0.4) is 0 Å². The zero-order valence-electron chi connectivity index (χ0n) is 13.5. The van der Waals surface area contributed by atoms with Crippen LogP contribution in [-0.2, 0) is 0 Å². The second kappa shape index (κ2) is 5.42. The fraction of sp³-hybridized carbons (Fsp3) is 0.176. The number of carbonyl (C=O) groups is 1. The molecule has 1 amide bonds. The minimum Gasteiger partial charge on any atom is -0.506 e. The van der Waals surface area contributed by atoms with E-state index < -0.39 is 5.91 Å². The van der Waals surface area contributed by atoms with E-state index in [1.165, 1.54) is 6.07 Å². The molecule has 0 bridgehead atoms. The van der Waals surface area contributed by atoms with Gasteiger partial charge in [-0.3, -0.25) is 4.79 Å². The number of carbonyl (C=O) groups excluding carboxylic acids is 1. The van der Waals surface area contributed by atoms with E-state index in [1.54, 1.807) is 16.7 Å². The van der Waals surface area contributed by atoms with Crippen molar-refractivity contribution in [3.8, 4) is 16.9 Å². The summed E-state index contributed by atoms with van der Waals surface area (Å²) in [6.45, 7) is 5.58. The molecule has 0 atom stereocenters. The average molecular weight is 345 g/mol. The summed E-state index contributed by atoms with van der Waals surface area (Å²) >= 11 is 6.29. The molecule has 1 aromatic carbocycles. The number of halogens is 1. The highest BCUT2D eigenvalue weighted by Gasteiger charge is 2.23. The molecule has 2 aromatic heterocycles. The SMILES string of the molecule is Cc1ccc(O)c(Cl)c1-c1cn2c(C)c(C)nc2c(C(N)=O)c1N. The summed E-state index contributed by atoms with van der Waals surface area (Å²) in [7, 11) is 0. The molecule has 0 aliphatic heterocycles. The van der Waals surface area contributed by atoms with Gasteiger partial charge in [-0.25, -0.2) is 4.98 Å². The molecule has 0 saturated carbocycles. The van der Waals surface area contributed by atoms with Gasteiger partial charge >= 0.3 is 0 Å². The Bertz CT molecular complexity index is 1010. The van der Waals surface area contributed by atoms with Crippen molar-refractivity contribution in [2.45, 2.75) is 20.8 Å². The molecule has 0 fully saturated rings. The van der Waals surface area contributed by atoms with Gasteiger partial charge in [-0.1, -0.05) is 17.7 Å². The number of amides is 1. The third kappa shape index (κ3) is 2.18. The molecule has 0 radical (unpaired) electrons. The van der Waals surface area contributed by atoms with E-state index in [9.17, 15) is 9.90 Å². The monoisotopic (exact) mass is 344 g/mol. The summed E-state index contributed by atoms with van der Waals surface area (Å²) in [6, 6.07) is 3.24. The van der Waals surface area contributed by atoms with Crippen LogP contribution in [0, 0.1) is 20.8 Å². The van der Waals surface area contributed by atoms with E-state index in [0.717, 1.165) is 17.0 Å². The maximum Gasteiger partial charge on any atom is 0.254 e. The number of hydrogen-bond donors (Lipinski definition) is 3. The number of pyridine rings is 1. The number of rotatable bonds is 2. The lowest BCUT2D eigenvalue weighted by Crippen LogP contribution is -2.16. The number of phenols is 1. The van der Waals surface area contributed by atoms with Gasteiger partial charge in [0.25, 0.3) is 5.91 Å². The number of anilines is 1. The maximum atomic E-state index is 12.0. The summed E-state index contributed by atoms with van der Waals surface area (Å²) in [5, 5.41) is 10.1. The molecule has 0 saturated heterocycles. The fourth-order valence-corrected chi connectivity index (χ4v) is 3.16. The summed E-state index contributed by atoms with van der Waals surface area (Å²) < 4.78 is 1.76.